The first-order chi connectivity index (χ1) is 4.33. The van der Waals surface area contributed by atoms with Gasteiger partial charge in [0.1, 0.15) is 0 Å². The third-order valence-electron chi connectivity index (χ3n) is 2.38. The van der Waals surface area contributed by atoms with Crippen molar-refractivity contribution < 1.29 is 0 Å². The van der Waals surface area contributed by atoms with Crippen LogP contribution in [-0.4, -0.2) is 11.9 Å². The minimum atomic E-state index is 0.472. The lowest BCUT2D eigenvalue weighted by molar-refractivity contribution is 0.362. The minimum Gasteiger partial charge on any atom is -0.330 e. The summed E-state index contributed by atoms with van der Waals surface area (Å²) in [6.07, 6.45) is 5.41. The molecule has 1 fully saturated rings. The van der Waals surface area contributed by atoms with Crippen molar-refractivity contribution in [3.8, 4) is 0 Å². The molecule has 0 amide bonds. The number of hydrogen-bond acceptors (Lipinski definition) is 1. The predicted octanol–water partition coefficient (Wildman–Crippen LogP) is 1.90. The molecule has 0 atom stereocenters. The third-order valence-corrected chi connectivity index (χ3v) is 3.57. The molecule has 0 heterocycles. The van der Waals surface area contributed by atoms with Crippen LogP contribution in [-0.2, 0) is 0 Å². The van der Waals surface area contributed by atoms with Gasteiger partial charge in [0, 0.05) is 5.33 Å². The number of alkyl halides is 1. The summed E-state index contributed by atoms with van der Waals surface area (Å²) >= 11 is 3.51. The summed E-state index contributed by atoms with van der Waals surface area (Å²) in [5, 5.41) is 1.09. The Morgan fingerprint density at radius 3 is 2.11 bits per heavy atom. The van der Waals surface area contributed by atoms with Crippen LogP contribution >= 0.6 is 15.9 Å². The first kappa shape index (κ1) is 7.55. The highest BCUT2D eigenvalue weighted by Crippen LogP contribution is 2.38. The molecule has 0 saturated heterocycles. The molecule has 0 aromatic rings. The van der Waals surface area contributed by atoms with E-state index in [0.29, 0.717) is 5.41 Å². The van der Waals surface area contributed by atoms with Gasteiger partial charge in [0.25, 0.3) is 0 Å². The van der Waals surface area contributed by atoms with Gasteiger partial charge < -0.3 is 5.73 Å². The number of halogens is 1. The quantitative estimate of drug-likeness (QED) is 0.664. The molecule has 0 spiro atoms. The Bertz CT molecular complexity index is 80.9. The molecule has 1 rings (SSSR count). The van der Waals surface area contributed by atoms with E-state index in [0.717, 1.165) is 11.9 Å². The molecule has 0 unspecified atom stereocenters. The number of rotatable bonds is 2. The normalized spacial score (nSPS) is 24.7. The largest absolute Gasteiger partial charge is 0.330 e. The maximum atomic E-state index is 5.65. The third kappa shape index (κ3) is 1.47. The van der Waals surface area contributed by atoms with Gasteiger partial charge in [-0.15, -0.1) is 0 Å². The summed E-state index contributed by atoms with van der Waals surface area (Å²) in [6.45, 7) is 0.859. The number of hydrogen-bond donors (Lipinski definition) is 1. The second-order valence-electron chi connectivity index (χ2n) is 3.04. The SMILES string of the molecule is NCC1(CBr)CCCC1. The highest BCUT2D eigenvalue weighted by Gasteiger charge is 2.30. The summed E-state index contributed by atoms with van der Waals surface area (Å²) in [5.41, 5.74) is 6.12. The van der Waals surface area contributed by atoms with Gasteiger partial charge in [-0.1, -0.05) is 28.8 Å². The van der Waals surface area contributed by atoms with Gasteiger partial charge in [0.2, 0.25) is 0 Å². The molecule has 1 nitrogen and oxygen atoms in total. The molecular formula is C7H14BrN. The molecule has 0 aromatic heterocycles. The lowest BCUT2D eigenvalue weighted by Crippen LogP contribution is -2.28. The molecule has 9 heavy (non-hydrogen) atoms. The molecule has 0 aromatic carbocycles. The highest BCUT2D eigenvalue weighted by atomic mass is 79.9. The zero-order valence-electron chi connectivity index (χ0n) is 5.70. The van der Waals surface area contributed by atoms with Crippen molar-refractivity contribution in [2.45, 2.75) is 25.7 Å². The maximum Gasteiger partial charge on any atom is 0.01000 e. The Morgan fingerprint density at radius 2 is 1.89 bits per heavy atom. The standard InChI is InChI=1S/C7H14BrN/c8-5-7(6-9)3-1-2-4-7/h1-6,9H2. The fourth-order valence-electron chi connectivity index (χ4n) is 1.52. The molecule has 2 heteroatoms. The molecule has 0 aliphatic heterocycles. The van der Waals surface area contributed by atoms with Crippen LogP contribution in [0.2, 0.25) is 0 Å². The van der Waals surface area contributed by atoms with E-state index in [1.54, 1.807) is 0 Å². The lowest BCUT2D eigenvalue weighted by Gasteiger charge is -2.23. The Morgan fingerprint density at radius 1 is 1.33 bits per heavy atom. The monoisotopic (exact) mass is 191 g/mol. The van der Waals surface area contributed by atoms with Crippen LogP contribution in [0.25, 0.3) is 0 Å². The van der Waals surface area contributed by atoms with Gasteiger partial charge in [-0.3, -0.25) is 0 Å². The van der Waals surface area contributed by atoms with E-state index >= 15 is 0 Å². The van der Waals surface area contributed by atoms with Crippen molar-refractivity contribution in [3.05, 3.63) is 0 Å². The van der Waals surface area contributed by atoms with Gasteiger partial charge in [0.15, 0.2) is 0 Å². The van der Waals surface area contributed by atoms with Crippen molar-refractivity contribution in [2.75, 3.05) is 11.9 Å². The zero-order chi connectivity index (χ0) is 6.74. The van der Waals surface area contributed by atoms with E-state index in [1.165, 1.54) is 25.7 Å². The van der Waals surface area contributed by atoms with Gasteiger partial charge >= 0.3 is 0 Å². The maximum absolute atomic E-state index is 5.65. The van der Waals surface area contributed by atoms with E-state index in [9.17, 15) is 0 Å². The Hall–Kier alpha value is 0.440. The van der Waals surface area contributed by atoms with Gasteiger partial charge in [-0.05, 0) is 24.8 Å². The van der Waals surface area contributed by atoms with Crippen molar-refractivity contribution in [1.82, 2.24) is 0 Å². The van der Waals surface area contributed by atoms with E-state index < -0.39 is 0 Å². The fourth-order valence-corrected chi connectivity index (χ4v) is 2.31. The Kier molecular flexibility index (Phi) is 2.53. The van der Waals surface area contributed by atoms with Crippen LogP contribution in [0.3, 0.4) is 0 Å². The van der Waals surface area contributed by atoms with Crippen LogP contribution in [0.1, 0.15) is 25.7 Å². The Labute approximate surface area is 65.1 Å². The molecule has 54 valence electrons. The first-order valence-electron chi connectivity index (χ1n) is 3.59. The van der Waals surface area contributed by atoms with E-state index in [4.69, 9.17) is 5.73 Å². The summed E-state index contributed by atoms with van der Waals surface area (Å²) in [5.74, 6) is 0. The van der Waals surface area contributed by atoms with Gasteiger partial charge in [-0.2, -0.15) is 0 Å². The van der Waals surface area contributed by atoms with Crippen molar-refractivity contribution >= 4 is 15.9 Å². The average Bonchev–Trinajstić information content (AvgIpc) is 2.36. The molecule has 0 bridgehead atoms. The second kappa shape index (κ2) is 3.02. The summed E-state index contributed by atoms with van der Waals surface area (Å²) in [4.78, 5) is 0. The lowest BCUT2D eigenvalue weighted by atomic mass is 9.89. The molecule has 2 N–H and O–H groups in total. The number of nitrogens with two attached hydrogens (primary N) is 1. The fraction of sp³-hybridized carbons (Fsp3) is 1.00. The second-order valence-corrected chi connectivity index (χ2v) is 3.61. The van der Waals surface area contributed by atoms with E-state index in [-0.39, 0.29) is 0 Å². The molecule has 0 radical (unpaired) electrons. The summed E-state index contributed by atoms with van der Waals surface area (Å²) in [7, 11) is 0. The topological polar surface area (TPSA) is 26.0 Å². The van der Waals surface area contributed by atoms with Crippen molar-refractivity contribution in [1.29, 1.82) is 0 Å². The smallest absolute Gasteiger partial charge is 0.01000 e. The van der Waals surface area contributed by atoms with Crippen molar-refractivity contribution in [2.24, 2.45) is 11.1 Å². The molecular weight excluding hydrogens is 178 g/mol. The van der Waals surface area contributed by atoms with Crippen molar-refractivity contribution in [3.63, 3.8) is 0 Å². The zero-order valence-corrected chi connectivity index (χ0v) is 7.28. The highest BCUT2D eigenvalue weighted by molar-refractivity contribution is 9.09. The van der Waals surface area contributed by atoms with Crippen LogP contribution < -0.4 is 5.73 Å². The van der Waals surface area contributed by atoms with Gasteiger partial charge in [-0.25, -0.2) is 0 Å². The molecule has 1 saturated carbocycles. The minimum absolute atomic E-state index is 0.472. The van der Waals surface area contributed by atoms with Crippen LogP contribution in [0.5, 0.6) is 0 Å². The summed E-state index contributed by atoms with van der Waals surface area (Å²) in [6, 6.07) is 0. The van der Waals surface area contributed by atoms with Gasteiger partial charge in [0.05, 0.1) is 0 Å². The van der Waals surface area contributed by atoms with E-state index in [2.05, 4.69) is 15.9 Å². The molecule has 1 aliphatic rings. The predicted molar refractivity (Wildman–Crippen MR) is 43.7 cm³/mol. The molecule has 1 aliphatic carbocycles. The average molecular weight is 192 g/mol. The van der Waals surface area contributed by atoms with E-state index in [1.807, 2.05) is 0 Å². The summed E-state index contributed by atoms with van der Waals surface area (Å²) < 4.78 is 0. The first-order valence-corrected chi connectivity index (χ1v) is 4.71. The van der Waals surface area contributed by atoms with Crippen LogP contribution in [0.4, 0.5) is 0 Å². The Balaban J connectivity index is 2.45. The van der Waals surface area contributed by atoms with Crippen LogP contribution in [0.15, 0.2) is 0 Å². The van der Waals surface area contributed by atoms with Crippen LogP contribution in [0, 0.1) is 5.41 Å².